The van der Waals surface area contributed by atoms with E-state index < -0.39 is 0 Å². The van der Waals surface area contributed by atoms with Crippen LogP contribution in [0.3, 0.4) is 0 Å². The topological polar surface area (TPSA) is 46.1 Å². The van der Waals surface area contributed by atoms with E-state index in [9.17, 15) is 4.79 Å². The molecule has 0 spiro atoms. The van der Waals surface area contributed by atoms with Gasteiger partial charge in [-0.05, 0) is 12.1 Å². The van der Waals surface area contributed by atoms with Crippen LogP contribution in [-0.4, -0.2) is 34.9 Å². The molecule has 0 aliphatic heterocycles. The number of hydrogen-bond acceptors (Lipinski definition) is 3. The number of aromatic nitrogens is 2. The molecule has 5 heteroatoms. The Labute approximate surface area is 110 Å². The molecule has 0 radical (unpaired) electrons. The number of carbonyl (C=O) groups is 1. The standard InChI is InChI=1S/C13H12ClN3O/c1-17(2)13(18)10-5-3-9(4-6-10)11-7-16-12(14)8-15-11/h3-8H,1-2H3. The maximum Gasteiger partial charge on any atom is 0.253 e. The van der Waals surface area contributed by atoms with Gasteiger partial charge in [-0.1, -0.05) is 23.7 Å². The van der Waals surface area contributed by atoms with E-state index in [1.165, 1.54) is 11.1 Å². The van der Waals surface area contributed by atoms with Gasteiger partial charge in [-0.25, -0.2) is 4.98 Å². The number of nitrogens with zero attached hydrogens (tertiary/aromatic N) is 3. The van der Waals surface area contributed by atoms with E-state index in [1.54, 1.807) is 32.4 Å². The summed E-state index contributed by atoms with van der Waals surface area (Å²) in [6, 6.07) is 7.23. The van der Waals surface area contributed by atoms with Crippen molar-refractivity contribution >= 4 is 17.5 Å². The van der Waals surface area contributed by atoms with Gasteiger partial charge in [0, 0.05) is 25.2 Å². The molecule has 2 aromatic rings. The quantitative estimate of drug-likeness (QED) is 0.834. The molecule has 0 fully saturated rings. The van der Waals surface area contributed by atoms with Crippen molar-refractivity contribution in [3.63, 3.8) is 0 Å². The highest BCUT2D eigenvalue weighted by Gasteiger charge is 2.08. The summed E-state index contributed by atoms with van der Waals surface area (Å²) in [5.74, 6) is -0.0243. The zero-order valence-corrected chi connectivity index (χ0v) is 10.8. The predicted octanol–water partition coefficient (Wildman–Crippen LogP) is 2.50. The molecule has 0 unspecified atom stereocenters. The van der Waals surface area contributed by atoms with Crippen molar-refractivity contribution in [3.05, 3.63) is 47.4 Å². The van der Waals surface area contributed by atoms with E-state index >= 15 is 0 Å². The van der Waals surface area contributed by atoms with E-state index in [1.807, 2.05) is 12.1 Å². The van der Waals surface area contributed by atoms with Gasteiger partial charge in [0.25, 0.3) is 5.91 Å². The van der Waals surface area contributed by atoms with Crippen LogP contribution in [0.2, 0.25) is 5.15 Å². The summed E-state index contributed by atoms with van der Waals surface area (Å²) in [7, 11) is 3.45. The van der Waals surface area contributed by atoms with Gasteiger partial charge in [0.05, 0.1) is 18.1 Å². The molecule has 18 heavy (non-hydrogen) atoms. The lowest BCUT2D eigenvalue weighted by Crippen LogP contribution is -2.21. The molecule has 1 amide bonds. The van der Waals surface area contributed by atoms with Crippen molar-refractivity contribution in [1.82, 2.24) is 14.9 Å². The summed E-state index contributed by atoms with van der Waals surface area (Å²) < 4.78 is 0. The third-order valence-corrected chi connectivity index (χ3v) is 2.65. The van der Waals surface area contributed by atoms with Gasteiger partial charge in [-0.15, -0.1) is 0 Å². The van der Waals surface area contributed by atoms with Crippen molar-refractivity contribution in [1.29, 1.82) is 0 Å². The average Bonchev–Trinajstić information content (AvgIpc) is 2.39. The van der Waals surface area contributed by atoms with Crippen LogP contribution in [0.5, 0.6) is 0 Å². The molecule has 1 heterocycles. The monoisotopic (exact) mass is 261 g/mol. The highest BCUT2D eigenvalue weighted by atomic mass is 35.5. The Bertz CT molecular complexity index is 549. The van der Waals surface area contributed by atoms with Gasteiger partial charge in [0.15, 0.2) is 0 Å². The molecule has 1 aromatic carbocycles. The molecule has 0 aliphatic carbocycles. The Morgan fingerprint density at radius 3 is 2.28 bits per heavy atom. The van der Waals surface area contributed by atoms with Gasteiger partial charge in [-0.2, -0.15) is 0 Å². The fourth-order valence-electron chi connectivity index (χ4n) is 1.50. The van der Waals surface area contributed by atoms with E-state index in [-0.39, 0.29) is 5.91 Å². The number of rotatable bonds is 2. The first-order valence-electron chi connectivity index (χ1n) is 5.37. The molecule has 0 saturated heterocycles. The van der Waals surface area contributed by atoms with Crippen molar-refractivity contribution in [2.24, 2.45) is 0 Å². The molecule has 1 aromatic heterocycles. The highest BCUT2D eigenvalue weighted by Crippen LogP contribution is 2.17. The lowest BCUT2D eigenvalue weighted by molar-refractivity contribution is 0.0827. The maximum absolute atomic E-state index is 11.7. The molecular formula is C13H12ClN3O. The smallest absolute Gasteiger partial charge is 0.253 e. The van der Waals surface area contributed by atoms with E-state index in [0.717, 1.165) is 11.3 Å². The Balaban J connectivity index is 2.27. The molecule has 92 valence electrons. The highest BCUT2D eigenvalue weighted by molar-refractivity contribution is 6.29. The van der Waals surface area contributed by atoms with Crippen LogP contribution >= 0.6 is 11.6 Å². The lowest BCUT2D eigenvalue weighted by Gasteiger charge is -2.10. The second-order valence-corrected chi connectivity index (χ2v) is 4.39. The van der Waals surface area contributed by atoms with E-state index in [2.05, 4.69) is 9.97 Å². The zero-order valence-electron chi connectivity index (χ0n) is 10.1. The first-order chi connectivity index (χ1) is 8.58. The zero-order chi connectivity index (χ0) is 13.1. The average molecular weight is 262 g/mol. The normalized spacial score (nSPS) is 10.2. The fourth-order valence-corrected chi connectivity index (χ4v) is 1.60. The second-order valence-electron chi connectivity index (χ2n) is 4.00. The summed E-state index contributed by atoms with van der Waals surface area (Å²) in [6.45, 7) is 0. The van der Waals surface area contributed by atoms with E-state index in [0.29, 0.717) is 10.7 Å². The van der Waals surface area contributed by atoms with Crippen LogP contribution in [0.1, 0.15) is 10.4 Å². The molecular weight excluding hydrogens is 250 g/mol. The van der Waals surface area contributed by atoms with Crippen LogP contribution in [0.15, 0.2) is 36.7 Å². The molecule has 0 N–H and O–H groups in total. The summed E-state index contributed by atoms with van der Waals surface area (Å²) in [4.78, 5) is 21.4. The summed E-state index contributed by atoms with van der Waals surface area (Å²) in [6.07, 6.45) is 3.10. The molecule has 0 atom stereocenters. The van der Waals surface area contributed by atoms with Crippen LogP contribution in [0.4, 0.5) is 0 Å². The molecule has 0 aliphatic rings. The summed E-state index contributed by atoms with van der Waals surface area (Å²) in [5.41, 5.74) is 2.27. The molecule has 4 nitrogen and oxygen atoms in total. The largest absolute Gasteiger partial charge is 0.345 e. The third-order valence-electron chi connectivity index (χ3n) is 2.45. The Hall–Kier alpha value is -1.94. The van der Waals surface area contributed by atoms with E-state index in [4.69, 9.17) is 11.6 Å². The molecule has 0 bridgehead atoms. The van der Waals surface area contributed by atoms with Crippen LogP contribution in [0.25, 0.3) is 11.3 Å². The summed E-state index contributed by atoms with van der Waals surface area (Å²) >= 11 is 5.68. The van der Waals surface area contributed by atoms with Crippen LogP contribution in [-0.2, 0) is 0 Å². The lowest BCUT2D eigenvalue weighted by atomic mass is 10.1. The predicted molar refractivity (Wildman–Crippen MR) is 70.5 cm³/mol. The van der Waals surface area contributed by atoms with Gasteiger partial charge in [-0.3, -0.25) is 9.78 Å². The number of hydrogen-bond donors (Lipinski definition) is 0. The fraction of sp³-hybridized carbons (Fsp3) is 0.154. The van der Waals surface area contributed by atoms with Gasteiger partial charge in [0.2, 0.25) is 0 Å². The summed E-state index contributed by atoms with van der Waals surface area (Å²) in [5, 5.41) is 0.359. The van der Waals surface area contributed by atoms with Crippen molar-refractivity contribution in [2.75, 3.05) is 14.1 Å². The van der Waals surface area contributed by atoms with Gasteiger partial charge >= 0.3 is 0 Å². The van der Waals surface area contributed by atoms with Crippen LogP contribution < -0.4 is 0 Å². The number of halogens is 1. The number of carbonyl (C=O) groups excluding carboxylic acids is 1. The first-order valence-corrected chi connectivity index (χ1v) is 5.75. The SMILES string of the molecule is CN(C)C(=O)c1ccc(-c2cnc(Cl)cn2)cc1. The Kier molecular flexibility index (Phi) is 3.58. The number of benzene rings is 1. The Morgan fingerprint density at radius 1 is 1.11 bits per heavy atom. The van der Waals surface area contributed by atoms with Crippen molar-refractivity contribution in [2.45, 2.75) is 0 Å². The van der Waals surface area contributed by atoms with Gasteiger partial charge in [0.1, 0.15) is 5.15 Å². The molecule has 2 rings (SSSR count). The number of amides is 1. The van der Waals surface area contributed by atoms with Crippen molar-refractivity contribution in [3.8, 4) is 11.3 Å². The molecule has 0 saturated carbocycles. The van der Waals surface area contributed by atoms with Crippen LogP contribution in [0, 0.1) is 0 Å². The maximum atomic E-state index is 11.7. The Morgan fingerprint density at radius 2 is 1.78 bits per heavy atom. The minimum atomic E-state index is -0.0243. The minimum Gasteiger partial charge on any atom is -0.345 e. The second kappa shape index (κ2) is 5.14. The third kappa shape index (κ3) is 2.65. The minimum absolute atomic E-state index is 0.0243. The van der Waals surface area contributed by atoms with Gasteiger partial charge < -0.3 is 4.90 Å². The van der Waals surface area contributed by atoms with Crippen molar-refractivity contribution < 1.29 is 4.79 Å². The first kappa shape index (κ1) is 12.5.